The molecule has 1 aromatic heterocycles. The van der Waals surface area contributed by atoms with Gasteiger partial charge in [0.15, 0.2) is 5.78 Å². The molecule has 0 radical (unpaired) electrons. The second-order valence-corrected chi connectivity index (χ2v) is 7.04. The van der Waals surface area contributed by atoms with E-state index in [2.05, 4.69) is 10.2 Å². The van der Waals surface area contributed by atoms with E-state index >= 15 is 0 Å². The predicted octanol–water partition coefficient (Wildman–Crippen LogP) is 6.19. The maximum atomic E-state index is 12.0. The minimum absolute atomic E-state index is 0.0715. The molecule has 2 aliphatic carbocycles. The summed E-state index contributed by atoms with van der Waals surface area (Å²) in [7, 11) is 0. The molecule has 0 aliphatic heterocycles. The molecule has 122 valence electrons. The van der Waals surface area contributed by atoms with Gasteiger partial charge in [-0.1, -0.05) is 29.8 Å². The van der Waals surface area contributed by atoms with E-state index in [1.807, 2.05) is 55.7 Å². The highest BCUT2D eigenvalue weighted by Gasteiger charge is 2.17. The van der Waals surface area contributed by atoms with Gasteiger partial charge >= 0.3 is 0 Å². The summed E-state index contributed by atoms with van der Waals surface area (Å²) in [5.74, 6) is 0.0715. The van der Waals surface area contributed by atoms with E-state index < -0.39 is 0 Å². The lowest BCUT2D eigenvalue weighted by Gasteiger charge is -2.12. The molecule has 0 amide bonds. The largest absolute Gasteiger partial charge is 0.289 e. The quantitative estimate of drug-likeness (QED) is 0.595. The standard InChI is InChI=1S/C19H17ClN2OS/c1-12-10-14(11-13(2)19(12)23)18(17-8-5-9-24-17)22-21-16-7-4-3-6-15(16)20/h5-11H,3-4H2,1-2H3. The normalized spacial score (nSPS) is 18.3. The molecule has 0 fully saturated rings. The van der Waals surface area contributed by atoms with Crippen LogP contribution in [0, 0.1) is 0 Å². The first-order chi connectivity index (χ1) is 11.6. The summed E-state index contributed by atoms with van der Waals surface area (Å²) < 4.78 is 0. The number of Topliss-reactive ketones (excluding diaryl/α,β-unsaturated/α-hetero) is 1. The highest BCUT2D eigenvalue weighted by Crippen LogP contribution is 2.32. The fraction of sp³-hybridized carbons (Fsp3) is 0.211. The summed E-state index contributed by atoms with van der Waals surface area (Å²) >= 11 is 7.79. The van der Waals surface area contributed by atoms with Gasteiger partial charge in [-0.05, 0) is 61.4 Å². The molecule has 2 aliphatic rings. The van der Waals surface area contributed by atoms with Crippen LogP contribution in [0.25, 0.3) is 5.70 Å². The lowest BCUT2D eigenvalue weighted by molar-refractivity contribution is -0.112. The number of rotatable bonds is 3. The Morgan fingerprint density at radius 3 is 2.50 bits per heavy atom. The minimum Gasteiger partial charge on any atom is -0.289 e. The smallest absolute Gasteiger partial charge is 0.184 e. The number of halogens is 1. The summed E-state index contributed by atoms with van der Waals surface area (Å²) in [4.78, 5) is 13.0. The first-order valence-electron chi connectivity index (χ1n) is 7.73. The molecular weight excluding hydrogens is 340 g/mol. The van der Waals surface area contributed by atoms with Crippen molar-refractivity contribution in [1.29, 1.82) is 0 Å². The van der Waals surface area contributed by atoms with Crippen molar-refractivity contribution in [1.82, 2.24) is 0 Å². The lowest BCUT2D eigenvalue weighted by Crippen LogP contribution is -2.06. The van der Waals surface area contributed by atoms with Crippen LogP contribution in [0.5, 0.6) is 0 Å². The van der Waals surface area contributed by atoms with E-state index in [1.54, 1.807) is 11.3 Å². The van der Waals surface area contributed by atoms with Crippen molar-refractivity contribution in [2.24, 2.45) is 10.2 Å². The Morgan fingerprint density at radius 1 is 1.17 bits per heavy atom. The Hall–Kier alpha value is -2.04. The molecule has 24 heavy (non-hydrogen) atoms. The predicted molar refractivity (Wildman–Crippen MR) is 99.9 cm³/mol. The average Bonchev–Trinajstić information content (AvgIpc) is 3.08. The second kappa shape index (κ2) is 7.24. The highest BCUT2D eigenvalue weighted by molar-refractivity contribution is 7.11. The van der Waals surface area contributed by atoms with Crippen molar-refractivity contribution in [3.8, 4) is 0 Å². The van der Waals surface area contributed by atoms with Crippen molar-refractivity contribution in [2.75, 3.05) is 0 Å². The number of thiophene rings is 1. The molecule has 3 nitrogen and oxygen atoms in total. The van der Waals surface area contributed by atoms with Gasteiger partial charge in [0.1, 0.15) is 5.70 Å². The Morgan fingerprint density at radius 2 is 1.88 bits per heavy atom. The molecule has 0 aromatic carbocycles. The molecule has 0 saturated heterocycles. The molecule has 3 rings (SSSR count). The van der Waals surface area contributed by atoms with Gasteiger partial charge < -0.3 is 0 Å². The molecule has 0 saturated carbocycles. The van der Waals surface area contributed by atoms with Crippen molar-refractivity contribution >= 4 is 34.4 Å². The van der Waals surface area contributed by atoms with E-state index in [1.165, 1.54) is 0 Å². The van der Waals surface area contributed by atoms with Crippen LogP contribution in [0.3, 0.4) is 0 Å². The fourth-order valence-electron chi connectivity index (χ4n) is 2.57. The van der Waals surface area contributed by atoms with E-state index in [0.717, 1.165) is 29.0 Å². The Balaban J connectivity index is 2.06. The van der Waals surface area contributed by atoms with Crippen LogP contribution >= 0.6 is 22.9 Å². The third-order valence-corrected chi connectivity index (χ3v) is 5.04. The molecule has 0 bridgehead atoms. The number of carbonyl (C=O) groups is 1. The van der Waals surface area contributed by atoms with Crippen LogP contribution in [0.1, 0.15) is 31.6 Å². The maximum absolute atomic E-state index is 12.0. The van der Waals surface area contributed by atoms with Gasteiger partial charge in [-0.15, -0.1) is 21.6 Å². The zero-order valence-electron chi connectivity index (χ0n) is 13.5. The van der Waals surface area contributed by atoms with Gasteiger partial charge in [0, 0.05) is 5.57 Å². The summed E-state index contributed by atoms with van der Waals surface area (Å²) in [6, 6.07) is 3.98. The van der Waals surface area contributed by atoms with E-state index in [4.69, 9.17) is 11.6 Å². The van der Waals surface area contributed by atoms with Crippen molar-refractivity contribution in [3.05, 3.63) is 74.1 Å². The second-order valence-electron chi connectivity index (χ2n) is 5.68. The molecule has 5 heteroatoms. The topological polar surface area (TPSA) is 41.8 Å². The van der Waals surface area contributed by atoms with Crippen molar-refractivity contribution in [2.45, 2.75) is 26.7 Å². The monoisotopic (exact) mass is 356 g/mol. The van der Waals surface area contributed by atoms with Crippen molar-refractivity contribution in [3.63, 3.8) is 0 Å². The van der Waals surface area contributed by atoms with Gasteiger partial charge in [-0.25, -0.2) is 0 Å². The Labute approximate surface area is 150 Å². The van der Waals surface area contributed by atoms with Crippen LogP contribution < -0.4 is 0 Å². The lowest BCUT2D eigenvalue weighted by atomic mass is 9.94. The number of nitrogens with zero attached hydrogens (tertiary/aromatic N) is 2. The Kier molecular flexibility index (Phi) is 5.07. The first kappa shape index (κ1) is 16.8. The summed E-state index contributed by atoms with van der Waals surface area (Å²) in [5.41, 5.74) is 3.78. The number of allylic oxidation sites excluding steroid dienone is 8. The fourth-order valence-corrected chi connectivity index (χ4v) is 3.53. The number of carbonyl (C=O) groups excluding carboxylic acids is 1. The van der Waals surface area contributed by atoms with E-state index in [9.17, 15) is 4.79 Å². The molecule has 0 spiro atoms. The van der Waals surface area contributed by atoms with Gasteiger partial charge in [0.25, 0.3) is 0 Å². The van der Waals surface area contributed by atoms with E-state index in [-0.39, 0.29) is 5.78 Å². The molecule has 0 atom stereocenters. The molecule has 0 unspecified atom stereocenters. The molecule has 0 N–H and O–H groups in total. The zero-order valence-corrected chi connectivity index (χ0v) is 15.1. The van der Waals surface area contributed by atoms with Crippen LogP contribution in [0.2, 0.25) is 0 Å². The molecular formula is C19H17ClN2OS. The number of ketones is 1. The van der Waals surface area contributed by atoms with Gasteiger partial charge in [0.05, 0.1) is 15.6 Å². The van der Waals surface area contributed by atoms with Gasteiger partial charge in [-0.2, -0.15) is 0 Å². The number of hydrogen-bond acceptors (Lipinski definition) is 4. The van der Waals surface area contributed by atoms with Gasteiger partial charge in [0.2, 0.25) is 0 Å². The summed E-state index contributed by atoms with van der Waals surface area (Å²) in [6.45, 7) is 3.65. The van der Waals surface area contributed by atoms with Crippen LogP contribution in [-0.4, -0.2) is 5.78 Å². The van der Waals surface area contributed by atoms with Crippen molar-refractivity contribution < 1.29 is 4.79 Å². The van der Waals surface area contributed by atoms with Crippen LogP contribution in [0.4, 0.5) is 0 Å². The Bertz CT molecular complexity index is 828. The highest BCUT2D eigenvalue weighted by atomic mass is 35.5. The number of azo groups is 1. The summed E-state index contributed by atoms with van der Waals surface area (Å²) in [5, 5.41) is 11.5. The van der Waals surface area contributed by atoms with Gasteiger partial charge in [-0.3, -0.25) is 4.79 Å². The average molecular weight is 357 g/mol. The SMILES string of the molecule is CC1=CC(=C(N=NC2=CCCC=C2Cl)c2cccs2)C=C(C)C1=O. The zero-order chi connectivity index (χ0) is 17.1. The van der Waals surface area contributed by atoms with E-state index in [0.29, 0.717) is 21.9 Å². The summed E-state index contributed by atoms with van der Waals surface area (Å²) in [6.07, 6.45) is 9.55. The van der Waals surface area contributed by atoms with Crippen LogP contribution in [0.15, 0.2) is 79.5 Å². The first-order valence-corrected chi connectivity index (χ1v) is 8.99. The van der Waals surface area contributed by atoms with Crippen LogP contribution in [-0.2, 0) is 4.79 Å². The third kappa shape index (κ3) is 3.55. The molecule has 1 heterocycles. The third-order valence-electron chi connectivity index (χ3n) is 3.82. The molecule has 1 aromatic rings. The number of hydrogen-bond donors (Lipinski definition) is 0. The minimum atomic E-state index is 0.0715. The maximum Gasteiger partial charge on any atom is 0.184 e.